The van der Waals surface area contributed by atoms with Crippen LogP contribution in [0.2, 0.25) is 5.02 Å². The number of ether oxygens (including phenoxy) is 1. The van der Waals surface area contributed by atoms with E-state index in [-0.39, 0.29) is 24.8 Å². The van der Waals surface area contributed by atoms with Crippen molar-refractivity contribution in [3.05, 3.63) is 101 Å². The first-order valence-corrected chi connectivity index (χ1v) is 10.8. The molecule has 166 valence electrons. The minimum atomic E-state index is -0.666. The normalized spacial score (nSPS) is 11.5. The van der Waals surface area contributed by atoms with Gasteiger partial charge in [-0.05, 0) is 41.0 Å². The van der Waals surface area contributed by atoms with E-state index in [0.717, 1.165) is 16.7 Å². The average Bonchev–Trinajstić information content (AvgIpc) is 2.81. The Morgan fingerprint density at radius 2 is 1.62 bits per heavy atom. The topological polar surface area (TPSA) is 58.6 Å². The highest BCUT2D eigenvalue weighted by molar-refractivity contribution is 6.30. The number of nitrogens with one attached hydrogen (secondary N) is 1. The van der Waals surface area contributed by atoms with Crippen molar-refractivity contribution in [3.63, 3.8) is 0 Å². The van der Waals surface area contributed by atoms with Gasteiger partial charge in [0.05, 0.1) is 13.5 Å². The number of methoxy groups -OCH3 is 1. The van der Waals surface area contributed by atoms with Crippen LogP contribution in [0.15, 0.2) is 78.9 Å². The van der Waals surface area contributed by atoms with Crippen molar-refractivity contribution in [1.29, 1.82) is 0 Å². The molecule has 0 aromatic heterocycles. The lowest BCUT2D eigenvalue weighted by Crippen LogP contribution is -2.50. The third-order valence-corrected chi connectivity index (χ3v) is 5.48. The van der Waals surface area contributed by atoms with Crippen LogP contribution in [-0.4, -0.2) is 36.9 Å². The fraction of sp³-hybridized carbons (Fsp3) is 0.231. The molecule has 0 aliphatic heterocycles. The van der Waals surface area contributed by atoms with Gasteiger partial charge in [-0.2, -0.15) is 0 Å². The first kappa shape index (κ1) is 23.4. The average molecular weight is 451 g/mol. The van der Waals surface area contributed by atoms with Crippen LogP contribution < -0.4 is 10.1 Å². The maximum Gasteiger partial charge on any atom is 0.242 e. The zero-order valence-electron chi connectivity index (χ0n) is 18.3. The molecule has 0 saturated heterocycles. The molecule has 0 spiro atoms. The zero-order chi connectivity index (χ0) is 22.9. The Hall–Kier alpha value is -3.31. The number of hydrogen-bond donors (Lipinski definition) is 1. The maximum atomic E-state index is 13.5. The number of carbonyl (C=O) groups is 2. The monoisotopic (exact) mass is 450 g/mol. The third kappa shape index (κ3) is 6.34. The highest BCUT2D eigenvalue weighted by Crippen LogP contribution is 2.20. The van der Waals surface area contributed by atoms with E-state index >= 15 is 0 Å². The first-order valence-electron chi connectivity index (χ1n) is 10.4. The second-order valence-corrected chi connectivity index (χ2v) is 7.94. The molecule has 3 aromatic carbocycles. The molecular formula is C26H27ClN2O3. The fourth-order valence-corrected chi connectivity index (χ4v) is 3.82. The summed E-state index contributed by atoms with van der Waals surface area (Å²) in [6.07, 6.45) is 0.554. The Morgan fingerprint density at radius 1 is 0.938 bits per heavy atom. The zero-order valence-corrected chi connectivity index (χ0v) is 19.0. The van der Waals surface area contributed by atoms with Crippen LogP contribution in [0.5, 0.6) is 5.75 Å². The van der Waals surface area contributed by atoms with Crippen molar-refractivity contribution in [2.24, 2.45) is 0 Å². The van der Waals surface area contributed by atoms with E-state index in [9.17, 15) is 9.59 Å². The Morgan fingerprint density at radius 3 is 2.31 bits per heavy atom. The molecule has 0 heterocycles. The van der Waals surface area contributed by atoms with E-state index in [4.69, 9.17) is 16.3 Å². The van der Waals surface area contributed by atoms with Crippen LogP contribution in [0.3, 0.4) is 0 Å². The predicted octanol–water partition coefficient (Wildman–Crippen LogP) is 4.28. The largest absolute Gasteiger partial charge is 0.497 e. The van der Waals surface area contributed by atoms with Crippen LogP contribution in [0, 0.1) is 0 Å². The molecule has 1 atom stereocenters. The van der Waals surface area contributed by atoms with Gasteiger partial charge >= 0.3 is 0 Å². The lowest BCUT2D eigenvalue weighted by Gasteiger charge is -2.31. The summed E-state index contributed by atoms with van der Waals surface area (Å²) >= 11 is 6.11. The Kier molecular flexibility index (Phi) is 8.28. The summed E-state index contributed by atoms with van der Waals surface area (Å²) in [5.41, 5.74) is 2.66. The Labute approximate surface area is 194 Å². The predicted molar refractivity (Wildman–Crippen MR) is 127 cm³/mol. The number of rotatable bonds is 9. The summed E-state index contributed by atoms with van der Waals surface area (Å²) in [6, 6.07) is 23.8. The number of carbonyl (C=O) groups excluding carboxylic acids is 2. The molecule has 6 heteroatoms. The standard InChI is InChI=1S/C26H27ClN2O3/c1-28-26(31)24(16-19-8-4-3-5-9-19)29(18-21-11-7-13-23(15-21)32-2)25(30)17-20-10-6-12-22(27)14-20/h3-15,24H,16-18H2,1-2H3,(H,28,31)/t24-/m1/s1. The van der Waals surface area contributed by atoms with Crippen molar-refractivity contribution in [1.82, 2.24) is 10.2 Å². The van der Waals surface area contributed by atoms with Gasteiger partial charge in [0.15, 0.2) is 0 Å². The van der Waals surface area contributed by atoms with Gasteiger partial charge in [-0.3, -0.25) is 9.59 Å². The molecule has 2 amide bonds. The van der Waals surface area contributed by atoms with E-state index in [1.165, 1.54) is 0 Å². The van der Waals surface area contributed by atoms with Crippen LogP contribution in [0.1, 0.15) is 16.7 Å². The molecule has 3 rings (SSSR count). The SMILES string of the molecule is CNC(=O)[C@@H](Cc1ccccc1)N(Cc1cccc(OC)c1)C(=O)Cc1cccc(Cl)c1. The third-order valence-electron chi connectivity index (χ3n) is 5.25. The summed E-state index contributed by atoms with van der Waals surface area (Å²) in [6.45, 7) is 0.279. The van der Waals surface area contributed by atoms with E-state index < -0.39 is 6.04 Å². The number of hydrogen-bond acceptors (Lipinski definition) is 3. The molecule has 1 N–H and O–H groups in total. The molecule has 0 radical (unpaired) electrons. The quantitative estimate of drug-likeness (QED) is 0.529. The molecule has 32 heavy (non-hydrogen) atoms. The molecule has 5 nitrogen and oxygen atoms in total. The highest BCUT2D eigenvalue weighted by atomic mass is 35.5. The van der Waals surface area contributed by atoms with E-state index in [2.05, 4.69) is 5.32 Å². The molecular weight excluding hydrogens is 424 g/mol. The van der Waals surface area contributed by atoms with Gasteiger partial charge in [-0.15, -0.1) is 0 Å². The van der Waals surface area contributed by atoms with Crippen molar-refractivity contribution in [2.75, 3.05) is 14.2 Å². The van der Waals surface area contributed by atoms with E-state index in [1.54, 1.807) is 31.2 Å². The minimum absolute atomic E-state index is 0.146. The molecule has 0 bridgehead atoms. The summed E-state index contributed by atoms with van der Waals surface area (Å²) < 4.78 is 5.33. The molecule has 0 aliphatic rings. The molecule has 0 saturated carbocycles. The van der Waals surface area contributed by atoms with Crippen molar-refractivity contribution < 1.29 is 14.3 Å². The lowest BCUT2D eigenvalue weighted by atomic mass is 10.0. The van der Waals surface area contributed by atoms with Crippen LogP contribution in [-0.2, 0) is 29.0 Å². The summed E-state index contributed by atoms with van der Waals surface area (Å²) in [5.74, 6) is 0.333. The van der Waals surface area contributed by atoms with Gasteiger partial charge in [-0.25, -0.2) is 0 Å². The summed E-state index contributed by atoms with van der Waals surface area (Å²) in [7, 11) is 3.19. The smallest absolute Gasteiger partial charge is 0.242 e. The highest BCUT2D eigenvalue weighted by Gasteiger charge is 2.29. The van der Waals surface area contributed by atoms with Gasteiger partial charge in [0.1, 0.15) is 11.8 Å². The minimum Gasteiger partial charge on any atom is -0.497 e. The summed E-state index contributed by atoms with van der Waals surface area (Å²) in [5, 5.41) is 3.29. The van der Waals surface area contributed by atoms with E-state index in [0.29, 0.717) is 17.2 Å². The van der Waals surface area contributed by atoms with Crippen molar-refractivity contribution >= 4 is 23.4 Å². The van der Waals surface area contributed by atoms with Gasteiger partial charge in [-0.1, -0.05) is 66.2 Å². The number of benzene rings is 3. The van der Waals surface area contributed by atoms with Gasteiger partial charge < -0.3 is 15.0 Å². The number of halogens is 1. The number of nitrogens with zero attached hydrogens (tertiary/aromatic N) is 1. The van der Waals surface area contributed by atoms with Gasteiger partial charge in [0.2, 0.25) is 11.8 Å². The van der Waals surface area contributed by atoms with Gasteiger partial charge in [0.25, 0.3) is 0 Å². The first-order chi connectivity index (χ1) is 15.5. The van der Waals surface area contributed by atoms with Crippen molar-refractivity contribution in [3.8, 4) is 5.75 Å². The van der Waals surface area contributed by atoms with Crippen LogP contribution >= 0.6 is 11.6 Å². The van der Waals surface area contributed by atoms with Crippen LogP contribution in [0.25, 0.3) is 0 Å². The number of likely N-dealkylation sites (N-methyl/N-ethyl adjacent to an activating group) is 1. The molecule has 0 unspecified atom stereocenters. The Bertz CT molecular complexity index is 1060. The molecule has 0 aliphatic carbocycles. The van der Waals surface area contributed by atoms with Crippen molar-refractivity contribution in [2.45, 2.75) is 25.4 Å². The maximum absolute atomic E-state index is 13.5. The second-order valence-electron chi connectivity index (χ2n) is 7.50. The number of amides is 2. The fourth-order valence-electron chi connectivity index (χ4n) is 3.61. The van der Waals surface area contributed by atoms with Crippen LogP contribution in [0.4, 0.5) is 0 Å². The molecule has 3 aromatic rings. The second kappa shape index (κ2) is 11.3. The lowest BCUT2D eigenvalue weighted by molar-refractivity contribution is -0.140. The summed E-state index contributed by atoms with van der Waals surface area (Å²) in [4.78, 5) is 28.1. The van der Waals surface area contributed by atoms with Gasteiger partial charge in [0, 0.05) is 25.0 Å². The Balaban J connectivity index is 1.95. The van der Waals surface area contributed by atoms with E-state index in [1.807, 2.05) is 66.7 Å². The molecule has 0 fully saturated rings.